The summed E-state index contributed by atoms with van der Waals surface area (Å²) in [6, 6.07) is 7.86. The minimum Gasteiger partial charge on any atom is -0.377 e. The van der Waals surface area contributed by atoms with Crippen molar-refractivity contribution in [3.05, 3.63) is 42.3 Å². The second-order valence-electron chi connectivity index (χ2n) is 7.51. The quantitative estimate of drug-likeness (QED) is 0.538. The number of morpholine rings is 1. The van der Waals surface area contributed by atoms with Crippen molar-refractivity contribution in [1.82, 2.24) is 19.6 Å². The van der Waals surface area contributed by atoms with Gasteiger partial charge in [0.1, 0.15) is 11.3 Å². The van der Waals surface area contributed by atoms with Crippen molar-refractivity contribution in [3.63, 3.8) is 0 Å². The fraction of sp³-hybridized carbons (Fsp3) is 0.300. The fourth-order valence-corrected chi connectivity index (χ4v) is 4.69. The van der Waals surface area contributed by atoms with E-state index < -0.39 is 15.7 Å². The number of ether oxygens (including phenoxy) is 1. The molecule has 1 N–H and O–H groups in total. The Labute approximate surface area is 172 Å². The molecule has 0 saturated carbocycles. The second-order valence-corrected chi connectivity index (χ2v) is 9.47. The normalized spacial score (nSPS) is 17.8. The zero-order valence-electron chi connectivity index (χ0n) is 16.5. The summed E-state index contributed by atoms with van der Waals surface area (Å²) in [6.45, 7) is 3.70. The number of sulfone groups is 1. The molecular weight excluding hydrogens is 409 g/mol. The number of anilines is 1. The molecule has 0 spiro atoms. The Balaban J connectivity index is 1.83. The molecule has 3 aromatic heterocycles. The highest BCUT2D eigenvalue weighted by Crippen LogP contribution is 2.32. The standard InChI is InChI=1S/C20H20FN5O3S/c1-12-11-29-8-7-25(12)20-17-3-4-18(30(2,27)28)26(17)24-19(23-20)15-9-13(21)10-16-14(15)5-6-22-16/h3-6,9-10,12,22H,7-8,11H2,1-2H3/t12-/m1/s1. The Kier molecular flexibility index (Phi) is 4.30. The van der Waals surface area contributed by atoms with Gasteiger partial charge in [0, 0.05) is 35.5 Å². The summed E-state index contributed by atoms with van der Waals surface area (Å²) in [5, 5.41) is 5.33. The van der Waals surface area contributed by atoms with Crippen LogP contribution in [0.15, 0.2) is 41.6 Å². The van der Waals surface area contributed by atoms with Gasteiger partial charge >= 0.3 is 0 Å². The number of benzene rings is 1. The van der Waals surface area contributed by atoms with E-state index in [1.807, 2.05) is 13.0 Å². The Morgan fingerprint density at radius 1 is 1.27 bits per heavy atom. The number of hydrogen-bond donors (Lipinski definition) is 1. The molecule has 30 heavy (non-hydrogen) atoms. The molecule has 0 aliphatic carbocycles. The highest BCUT2D eigenvalue weighted by molar-refractivity contribution is 7.90. The maximum atomic E-state index is 14.3. The molecular formula is C20H20FN5O3S. The molecule has 0 radical (unpaired) electrons. The molecule has 1 atom stereocenters. The third kappa shape index (κ3) is 3.03. The van der Waals surface area contributed by atoms with Gasteiger partial charge in [-0.25, -0.2) is 22.3 Å². The van der Waals surface area contributed by atoms with Gasteiger partial charge in [0.05, 0.1) is 19.3 Å². The van der Waals surface area contributed by atoms with Gasteiger partial charge in [-0.3, -0.25) is 0 Å². The summed E-state index contributed by atoms with van der Waals surface area (Å²) in [4.78, 5) is 9.85. The number of H-pyrrole nitrogens is 1. The molecule has 4 aromatic rings. The second kappa shape index (κ2) is 6.78. The Morgan fingerprint density at radius 3 is 2.87 bits per heavy atom. The first kappa shape index (κ1) is 19.0. The van der Waals surface area contributed by atoms with E-state index >= 15 is 0 Å². The smallest absolute Gasteiger partial charge is 0.192 e. The summed E-state index contributed by atoms with van der Waals surface area (Å²) in [5.74, 6) is 0.417. The summed E-state index contributed by atoms with van der Waals surface area (Å²) in [7, 11) is -3.54. The number of aromatic amines is 1. The summed E-state index contributed by atoms with van der Waals surface area (Å²) >= 11 is 0. The summed E-state index contributed by atoms with van der Waals surface area (Å²) < 4.78 is 45.9. The van der Waals surface area contributed by atoms with E-state index in [1.165, 1.54) is 22.7 Å². The molecule has 4 heterocycles. The lowest BCUT2D eigenvalue weighted by molar-refractivity contribution is 0.0986. The maximum Gasteiger partial charge on any atom is 0.192 e. The number of rotatable bonds is 3. The molecule has 0 unspecified atom stereocenters. The zero-order valence-corrected chi connectivity index (χ0v) is 17.3. The molecule has 0 bridgehead atoms. The third-order valence-electron chi connectivity index (χ3n) is 5.35. The molecule has 0 amide bonds. The lowest BCUT2D eigenvalue weighted by Gasteiger charge is -2.34. The Hall–Kier alpha value is -2.98. The van der Waals surface area contributed by atoms with Crippen LogP contribution in [-0.2, 0) is 14.6 Å². The molecule has 10 heteroatoms. The largest absolute Gasteiger partial charge is 0.377 e. The first-order valence-corrected chi connectivity index (χ1v) is 11.4. The third-order valence-corrected chi connectivity index (χ3v) is 6.42. The van der Waals surface area contributed by atoms with Crippen LogP contribution in [0.5, 0.6) is 0 Å². The van der Waals surface area contributed by atoms with Gasteiger partial charge in [0.2, 0.25) is 0 Å². The van der Waals surface area contributed by atoms with E-state index in [4.69, 9.17) is 9.72 Å². The van der Waals surface area contributed by atoms with Crippen molar-refractivity contribution in [2.24, 2.45) is 0 Å². The van der Waals surface area contributed by atoms with E-state index in [0.29, 0.717) is 42.2 Å². The SMILES string of the molecule is C[C@@H]1COCCN1c1nc(-c2cc(F)cc3[nH]ccc23)nn2c(S(C)(=O)=O)ccc12. The van der Waals surface area contributed by atoms with Crippen LogP contribution < -0.4 is 4.90 Å². The molecule has 1 aromatic carbocycles. The number of nitrogens with zero attached hydrogens (tertiary/aromatic N) is 4. The first-order valence-electron chi connectivity index (χ1n) is 9.54. The predicted molar refractivity (Wildman–Crippen MR) is 111 cm³/mol. The molecule has 1 saturated heterocycles. The first-order chi connectivity index (χ1) is 14.3. The van der Waals surface area contributed by atoms with E-state index in [-0.39, 0.29) is 16.9 Å². The van der Waals surface area contributed by atoms with Crippen molar-refractivity contribution in [3.8, 4) is 11.4 Å². The fourth-order valence-electron chi connectivity index (χ4n) is 3.92. The Bertz CT molecular complexity index is 1380. The van der Waals surface area contributed by atoms with Crippen LogP contribution in [0.4, 0.5) is 10.2 Å². The number of halogens is 1. The molecule has 1 aliphatic heterocycles. The lowest BCUT2D eigenvalue weighted by atomic mass is 10.1. The van der Waals surface area contributed by atoms with E-state index in [1.54, 1.807) is 12.3 Å². The highest BCUT2D eigenvalue weighted by Gasteiger charge is 2.26. The molecule has 5 rings (SSSR count). The maximum absolute atomic E-state index is 14.3. The topological polar surface area (TPSA) is 92.6 Å². The zero-order chi connectivity index (χ0) is 21.0. The highest BCUT2D eigenvalue weighted by atomic mass is 32.2. The van der Waals surface area contributed by atoms with E-state index in [2.05, 4.69) is 15.0 Å². The van der Waals surface area contributed by atoms with Crippen LogP contribution in [0.3, 0.4) is 0 Å². The van der Waals surface area contributed by atoms with Gasteiger partial charge in [-0.1, -0.05) is 0 Å². The lowest BCUT2D eigenvalue weighted by Crippen LogP contribution is -2.44. The van der Waals surface area contributed by atoms with Crippen LogP contribution in [0.1, 0.15) is 6.92 Å². The average molecular weight is 429 g/mol. The van der Waals surface area contributed by atoms with Crippen molar-refractivity contribution in [1.29, 1.82) is 0 Å². The Morgan fingerprint density at radius 2 is 2.10 bits per heavy atom. The van der Waals surface area contributed by atoms with Crippen molar-refractivity contribution >= 4 is 32.1 Å². The van der Waals surface area contributed by atoms with Crippen LogP contribution in [0, 0.1) is 5.82 Å². The number of nitrogens with one attached hydrogen (secondary N) is 1. The van der Waals surface area contributed by atoms with Gasteiger partial charge in [-0.15, -0.1) is 5.10 Å². The van der Waals surface area contributed by atoms with Gasteiger partial charge in [0.25, 0.3) is 0 Å². The minimum absolute atomic E-state index is 0.0432. The van der Waals surface area contributed by atoms with Crippen LogP contribution in [0.25, 0.3) is 27.8 Å². The molecule has 1 aliphatic rings. The van der Waals surface area contributed by atoms with Crippen LogP contribution in [0.2, 0.25) is 0 Å². The predicted octanol–water partition coefficient (Wildman–Crippen LogP) is 2.65. The van der Waals surface area contributed by atoms with Gasteiger partial charge in [-0.2, -0.15) is 0 Å². The van der Waals surface area contributed by atoms with Crippen LogP contribution >= 0.6 is 0 Å². The van der Waals surface area contributed by atoms with Crippen LogP contribution in [-0.4, -0.2) is 60.1 Å². The monoisotopic (exact) mass is 429 g/mol. The van der Waals surface area contributed by atoms with Gasteiger partial charge in [-0.05, 0) is 37.3 Å². The number of fused-ring (bicyclic) bond motifs is 2. The molecule has 156 valence electrons. The van der Waals surface area contributed by atoms with E-state index in [0.717, 1.165) is 11.6 Å². The van der Waals surface area contributed by atoms with Crippen molar-refractivity contribution in [2.75, 3.05) is 30.9 Å². The average Bonchev–Trinajstić information content (AvgIpc) is 3.33. The number of hydrogen-bond acceptors (Lipinski definition) is 6. The molecule has 8 nitrogen and oxygen atoms in total. The van der Waals surface area contributed by atoms with Gasteiger partial charge < -0.3 is 14.6 Å². The van der Waals surface area contributed by atoms with Crippen molar-refractivity contribution in [2.45, 2.75) is 18.0 Å². The van der Waals surface area contributed by atoms with Gasteiger partial charge in [0.15, 0.2) is 26.5 Å². The van der Waals surface area contributed by atoms with Crippen molar-refractivity contribution < 1.29 is 17.5 Å². The van der Waals surface area contributed by atoms with E-state index in [9.17, 15) is 12.8 Å². The molecule has 1 fully saturated rings. The number of aromatic nitrogens is 4. The summed E-state index contributed by atoms with van der Waals surface area (Å²) in [6.07, 6.45) is 2.86. The minimum atomic E-state index is -3.54. The summed E-state index contributed by atoms with van der Waals surface area (Å²) in [5.41, 5.74) is 1.68.